The second kappa shape index (κ2) is 4.82. The van der Waals surface area contributed by atoms with Gasteiger partial charge in [0, 0.05) is 23.2 Å². The van der Waals surface area contributed by atoms with Gasteiger partial charge in [0.2, 0.25) is 0 Å². The van der Waals surface area contributed by atoms with Crippen molar-refractivity contribution in [3.05, 3.63) is 33.8 Å². The maximum atomic E-state index is 6.23. The number of aryl methyl sites for hydroxylation is 1. The Bertz CT molecular complexity index is 588. The summed E-state index contributed by atoms with van der Waals surface area (Å²) < 4.78 is 1.68. The van der Waals surface area contributed by atoms with Gasteiger partial charge in [-0.25, -0.2) is 0 Å². The summed E-state index contributed by atoms with van der Waals surface area (Å²) in [4.78, 5) is 0. The Labute approximate surface area is 117 Å². The molecule has 0 saturated heterocycles. The third kappa shape index (κ3) is 2.20. The normalized spacial score (nSPS) is 11.2. The molecule has 0 saturated carbocycles. The van der Waals surface area contributed by atoms with Crippen molar-refractivity contribution in [3.63, 3.8) is 0 Å². The average Bonchev–Trinajstić information content (AvgIpc) is 2.55. The Balaban J connectivity index is 2.67. The first-order valence-corrected chi connectivity index (χ1v) is 6.45. The fraction of sp³-hybridized carbons (Fsp3) is 0.308. The number of nitrogens with zero attached hydrogens (tertiary/aromatic N) is 2. The topological polar surface area (TPSA) is 43.8 Å². The highest BCUT2D eigenvalue weighted by molar-refractivity contribution is 6.36. The van der Waals surface area contributed by atoms with Crippen molar-refractivity contribution in [1.29, 1.82) is 0 Å². The van der Waals surface area contributed by atoms with Crippen molar-refractivity contribution in [3.8, 4) is 11.3 Å². The van der Waals surface area contributed by atoms with Gasteiger partial charge in [0.1, 0.15) is 5.82 Å². The van der Waals surface area contributed by atoms with Crippen LogP contribution in [0.15, 0.2) is 18.2 Å². The molecule has 0 spiro atoms. The predicted octanol–water partition coefficient (Wildman–Crippen LogP) is 4.10. The molecular formula is C13H15Cl2N3. The van der Waals surface area contributed by atoms with E-state index >= 15 is 0 Å². The van der Waals surface area contributed by atoms with Crippen LogP contribution in [0, 0.1) is 0 Å². The Morgan fingerprint density at radius 1 is 1.28 bits per heavy atom. The Morgan fingerprint density at radius 3 is 2.50 bits per heavy atom. The highest BCUT2D eigenvalue weighted by Gasteiger charge is 2.19. The Kier molecular flexibility index (Phi) is 3.55. The van der Waals surface area contributed by atoms with E-state index in [0.717, 1.165) is 16.8 Å². The highest BCUT2D eigenvalue weighted by atomic mass is 35.5. The molecule has 1 aromatic carbocycles. The third-order valence-electron chi connectivity index (χ3n) is 2.89. The first-order chi connectivity index (χ1) is 8.41. The molecule has 96 valence electrons. The van der Waals surface area contributed by atoms with E-state index in [1.807, 2.05) is 13.1 Å². The minimum absolute atomic E-state index is 0.278. The number of nitrogens with two attached hydrogens (primary N) is 1. The number of nitrogen functional groups attached to an aromatic ring is 1. The summed E-state index contributed by atoms with van der Waals surface area (Å²) in [6.07, 6.45) is 0. The minimum atomic E-state index is 0.278. The zero-order valence-corrected chi connectivity index (χ0v) is 12.0. The van der Waals surface area contributed by atoms with E-state index in [9.17, 15) is 0 Å². The van der Waals surface area contributed by atoms with Gasteiger partial charge < -0.3 is 5.73 Å². The summed E-state index contributed by atoms with van der Waals surface area (Å²) in [5, 5.41) is 5.65. The van der Waals surface area contributed by atoms with Gasteiger partial charge >= 0.3 is 0 Å². The molecule has 0 amide bonds. The van der Waals surface area contributed by atoms with Gasteiger partial charge in [0.25, 0.3) is 0 Å². The number of rotatable bonds is 2. The smallest absolute Gasteiger partial charge is 0.125 e. The summed E-state index contributed by atoms with van der Waals surface area (Å²) in [5.74, 6) is 0.950. The summed E-state index contributed by atoms with van der Waals surface area (Å²) in [6, 6.07) is 5.39. The van der Waals surface area contributed by atoms with Crippen LogP contribution in [-0.4, -0.2) is 9.78 Å². The quantitative estimate of drug-likeness (QED) is 0.902. The first kappa shape index (κ1) is 13.2. The van der Waals surface area contributed by atoms with Crippen LogP contribution in [0.25, 0.3) is 11.3 Å². The van der Waals surface area contributed by atoms with Crippen molar-refractivity contribution in [1.82, 2.24) is 9.78 Å². The van der Waals surface area contributed by atoms with Crippen molar-refractivity contribution >= 4 is 29.0 Å². The van der Waals surface area contributed by atoms with Crippen molar-refractivity contribution in [2.24, 2.45) is 7.05 Å². The molecule has 18 heavy (non-hydrogen) atoms. The molecule has 0 aliphatic rings. The van der Waals surface area contributed by atoms with Gasteiger partial charge in [-0.05, 0) is 24.1 Å². The highest BCUT2D eigenvalue weighted by Crippen LogP contribution is 2.37. The lowest BCUT2D eigenvalue weighted by atomic mass is 9.98. The van der Waals surface area contributed by atoms with E-state index in [4.69, 9.17) is 28.9 Å². The molecule has 0 unspecified atom stereocenters. The fourth-order valence-electron chi connectivity index (χ4n) is 2.00. The maximum Gasteiger partial charge on any atom is 0.125 e. The average molecular weight is 284 g/mol. The van der Waals surface area contributed by atoms with Gasteiger partial charge in [-0.1, -0.05) is 37.0 Å². The lowest BCUT2D eigenvalue weighted by molar-refractivity contribution is 0.780. The maximum absolute atomic E-state index is 6.23. The van der Waals surface area contributed by atoms with Crippen LogP contribution in [0.2, 0.25) is 10.0 Å². The van der Waals surface area contributed by atoms with Gasteiger partial charge in [0.15, 0.2) is 0 Å². The molecule has 2 aromatic rings. The lowest BCUT2D eigenvalue weighted by Gasteiger charge is -2.08. The molecule has 0 radical (unpaired) electrons. The zero-order valence-electron chi connectivity index (χ0n) is 10.5. The molecule has 1 heterocycles. The van der Waals surface area contributed by atoms with E-state index in [1.54, 1.807) is 16.8 Å². The number of anilines is 1. The van der Waals surface area contributed by atoms with Crippen LogP contribution in [0.1, 0.15) is 25.3 Å². The van der Waals surface area contributed by atoms with E-state index < -0.39 is 0 Å². The number of hydrogen-bond acceptors (Lipinski definition) is 2. The van der Waals surface area contributed by atoms with E-state index in [-0.39, 0.29) is 5.92 Å². The predicted molar refractivity (Wildman–Crippen MR) is 77.2 cm³/mol. The number of aromatic nitrogens is 2. The van der Waals surface area contributed by atoms with E-state index in [1.165, 1.54) is 0 Å². The molecule has 0 fully saturated rings. The zero-order chi connectivity index (χ0) is 13.4. The first-order valence-electron chi connectivity index (χ1n) is 5.69. The molecule has 0 atom stereocenters. The van der Waals surface area contributed by atoms with Crippen molar-refractivity contribution in [2.75, 3.05) is 5.73 Å². The standard InChI is InChI=1S/C13H15Cl2N3/c1-7(2)11-12(17-18(3)13(11)16)9-5-4-8(14)6-10(9)15/h4-7H,16H2,1-3H3. The largest absolute Gasteiger partial charge is 0.384 e. The number of benzene rings is 1. The fourth-order valence-corrected chi connectivity index (χ4v) is 2.50. The number of halogens is 2. The molecule has 0 bridgehead atoms. The van der Waals surface area contributed by atoms with Gasteiger partial charge in [-0.2, -0.15) is 5.10 Å². The van der Waals surface area contributed by atoms with Crippen molar-refractivity contribution in [2.45, 2.75) is 19.8 Å². The molecule has 5 heteroatoms. The second-order valence-electron chi connectivity index (χ2n) is 4.55. The minimum Gasteiger partial charge on any atom is -0.384 e. The van der Waals surface area contributed by atoms with E-state index in [0.29, 0.717) is 15.9 Å². The van der Waals surface area contributed by atoms with Crippen LogP contribution in [0.3, 0.4) is 0 Å². The van der Waals surface area contributed by atoms with Crippen LogP contribution in [0.4, 0.5) is 5.82 Å². The summed E-state index contributed by atoms with van der Waals surface area (Å²) in [7, 11) is 1.83. The van der Waals surface area contributed by atoms with Crippen LogP contribution < -0.4 is 5.73 Å². The SMILES string of the molecule is CC(C)c1c(-c2ccc(Cl)cc2Cl)nn(C)c1N. The summed E-state index contributed by atoms with van der Waals surface area (Å²) >= 11 is 12.1. The molecular weight excluding hydrogens is 269 g/mol. The lowest BCUT2D eigenvalue weighted by Crippen LogP contribution is -2.00. The second-order valence-corrected chi connectivity index (χ2v) is 5.39. The van der Waals surface area contributed by atoms with Gasteiger partial charge in [0.05, 0.1) is 10.7 Å². The Morgan fingerprint density at radius 2 is 1.94 bits per heavy atom. The van der Waals surface area contributed by atoms with Gasteiger partial charge in [-0.15, -0.1) is 0 Å². The third-order valence-corrected chi connectivity index (χ3v) is 3.44. The summed E-state index contributed by atoms with van der Waals surface area (Å²) in [5.41, 5.74) is 8.75. The van der Waals surface area contributed by atoms with Crippen molar-refractivity contribution < 1.29 is 0 Å². The molecule has 2 rings (SSSR count). The summed E-state index contributed by atoms with van der Waals surface area (Å²) in [6.45, 7) is 4.17. The van der Waals surface area contributed by atoms with Crippen LogP contribution in [-0.2, 0) is 7.05 Å². The molecule has 0 aliphatic carbocycles. The van der Waals surface area contributed by atoms with Crippen LogP contribution >= 0.6 is 23.2 Å². The monoisotopic (exact) mass is 283 g/mol. The van der Waals surface area contributed by atoms with Gasteiger partial charge in [-0.3, -0.25) is 4.68 Å². The number of hydrogen-bond donors (Lipinski definition) is 1. The molecule has 0 aliphatic heterocycles. The Hall–Kier alpha value is -1.19. The van der Waals surface area contributed by atoms with E-state index in [2.05, 4.69) is 18.9 Å². The van der Waals surface area contributed by atoms with Crippen LogP contribution in [0.5, 0.6) is 0 Å². The molecule has 3 nitrogen and oxygen atoms in total. The molecule has 2 N–H and O–H groups in total. The molecule has 1 aromatic heterocycles.